The fourth-order valence-electron chi connectivity index (χ4n) is 1.66. The molecule has 0 N–H and O–H groups in total. The lowest BCUT2D eigenvalue weighted by atomic mass is 10.0. The molecule has 0 aliphatic heterocycles. The minimum absolute atomic E-state index is 0.124. The minimum atomic E-state index is -0.591. The standard InChI is InChI=1S/C13H8N2O5/c16-13(9-4-6-11(7-5-9)14(17)18)10-2-1-3-12(8-10)15(19)20/h1-8H. The van der Waals surface area contributed by atoms with E-state index in [1.807, 2.05) is 0 Å². The normalized spacial score (nSPS) is 10.0. The van der Waals surface area contributed by atoms with E-state index in [0.29, 0.717) is 0 Å². The van der Waals surface area contributed by atoms with Crippen LogP contribution in [0.4, 0.5) is 11.4 Å². The van der Waals surface area contributed by atoms with Crippen LogP contribution in [0.2, 0.25) is 0 Å². The number of hydrogen-bond donors (Lipinski definition) is 0. The van der Waals surface area contributed by atoms with Gasteiger partial charge >= 0.3 is 0 Å². The van der Waals surface area contributed by atoms with Crippen LogP contribution in [0.5, 0.6) is 0 Å². The van der Waals surface area contributed by atoms with Crippen LogP contribution in [0.25, 0.3) is 0 Å². The number of non-ortho nitro benzene ring substituents is 2. The molecule has 0 aliphatic rings. The predicted molar refractivity (Wildman–Crippen MR) is 69.6 cm³/mol. The summed E-state index contributed by atoms with van der Waals surface area (Å²) in [5, 5.41) is 21.2. The Balaban J connectivity index is 2.33. The van der Waals surface area contributed by atoms with Crippen molar-refractivity contribution in [2.45, 2.75) is 0 Å². The Morgan fingerprint density at radius 1 is 0.800 bits per heavy atom. The van der Waals surface area contributed by atoms with Gasteiger partial charge in [-0.1, -0.05) is 12.1 Å². The van der Waals surface area contributed by atoms with E-state index in [-0.39, 0.29) is 22.5 Å². The molecule has 2 aromatic carbocycles. The van der Waals surface area contributed by atoms with E-state index < -0.39 is 15.6 Å². The van der Waals surface area contributed by atoms with Crippen molar-refractivity contribution in [3.63, 3.8) is 0 Å². The van der Waals surface area contributed by atoms with Crippen LogP contribution in [0.1, 0.15) is 15.9 Å². The maximum atomic E-state index is 12.1. The quantitative estimate of drug-likeness (QED) is 0.483. The van der Waals surface area contributed by atoms with E-state index in [4.69, 9.17) is 0 Å². The zero-order valence-corrected chi connectivity index (χ0v) is 10.1. The third-order valence-corrected chi connectivity index (χ3v) is 2.66. The molecule has 0 atom stereocenters. The topological polar surface area (TPSA) is 103 Å². The third kappa shape index (κ3) is 2.66. The van der Waals surface area contributed by atoms with Crippen molar-refractivity contribution in [2.24, 2.45) is 0 Å². The van der Waals surface area contributed by atoms with Crippen molar-refractivity contribution in [3.8, 4) is 0 Å². The van der Waals surface area contributed by atoms with Crippen LogP contribution in [0, 0.1) is 20.2 Å². The van der Waals surface area contributed by atoms with Crippen molar-refractivity contribution in [3.05, 3.63) is 79.9 Å². The summed E-state index contributed by atoms with van der Waals surface area (Å²) in [6, 6.07) is 10.4. The average Bonchev–Trinajstić information content (AvgIpc) is 2.46. The van der Waals surface area contributed by atoms with Crippen LogP contribution >= 0.6 is 0 Å². The second kappa shape index (κ2) is 5.27. The molecule has 0 aromatic heterocycles. The van der Waals surface area contributed by atoms with Gasteiger partial charge in [0.1, 0.15) is 0 Å². The van der Waals surface area contributed by atoms with Crippen molar-refractivity contribution >= 4 is 17.2 Å². The molecule has 7 heteroatoms. The molecule has 0 spiro atoms. The molecular weight excluding hydrogens is 264 g/mol. The van der Waals surface area contributed by atoms with Crippen LogP contribution in [0.15, 0.2) is 48.5 Å². The Labute approximate surface area is 112 Å². The first-order valence-corrected chi connectivity index (χ1v) is 5.52. The zero-order valence-electron chi connectivity index (χ0n) is 10.1. The van der Waals surface area contributed by atoms with Crippen LogP contribution in [-0.4, -0.2) is 15.6 Å². The van der Waals surface area contributed by atoms with Gasteiger partial charge in [0.25, 0.3) is 11.4 Å². The lowest BCUT2D eigenvalue weighted by molar-refractivity contribution is -0.385. The summed E-state index contributed by atoms with van der Waals surface area (Å²) in [5.41, 5.74) is 0.0857. The number of nitro benzene ring substituents is 2. The van der Waals surface area contributed by atoms with Gasteiger partial charge in [-0.05, 0) is 12.1 Å². The first-order valence-electron chi connectivity index (χ1n) is 5.52. The van der Waals surface area contributed by atoms with Gasteiger partial charge in [-0.3, -0.25) is 25.0 Å². The minimum Gasteiger partial charge on any atom is -0.289 e. The molecule has 0 aliphatic carbocycles. The Hall–Kier alpha value is -3.09. The molecule has 100 valence electrons. The molecule has 0 fully saturated rings. The molecule has 0 unspecified atom stereocenters. The Kier molecular flexibility index (Phi) is 3.52. The van der Waals surface area contributed by atoms with E-state index in [1.165, 1.54) is 48.5 Å². The van der Waals surface area contributed by atoms with E-state index in [0.717, 1.165) is 0 Å². The third-order valence-electron chi connectivity index (χ3n) is 2.66. The van der Waals surface area contributed by atoms with Gasteiger partial charge in [0.2, 0.25) is 0 Å². The number of rotatable bonds is 4. The second-order valence-corrected chi connectivity index (χ2v) is 3.94. The molecule has 2 rings (SSSR count). The largest absolute Gasteiger partial charge is 0.289 e. The monoisotopic (exact) mass is 272 g/mol. The fourth-order valence-corrected chi connectivity index (χ4v) is 1.66. The van der Waals surface area contributed by atoms with Crippen molar-refractivity contribution in [1.82, 2.24) is 0 Å². The van der Waals surface area contributed by atoms with Gasteiger partial charge in [0.15, 0.2) is 5.78 Å². The molecule has 0 radical (unpaired) electrons. The van der Waals surface area contributed by atoms with E-state index in [1.54, 1.807) is 0 Å². The number of nitrogens with zero attached hydrogens (tertiary/aromatic N) is 2. The fraction of sp³-hybridized carbons (Fsp3) is 0. The summed E-state index contributed by atoms with van der Waals surface area (Å²) in [7, 11) is 0. The number of ketones is 1. The number of nitro groups is 2. The predicted octanol–water partition coefficient (Wildman–Crippen LogP) is 2.73. The maximum absolute atomic E-state index is 12.1. The van der Waals surface area contributed by atoms with Gasteiger partial charge in [0.05, 0.1) is 9.85 Å². The van der Waals surface area contributed by atoms with Crippen molar-refractivity contribution < 1.29 is 14.6 Å². The lowest BCUT2D eigenvalue weighted by Gasteiger charge is -2.01. The molecule has 20 heavy (non-hydrogen) atoms. The van der Waals surface area contributed by atoms with Crippen molar-refractivity contribution in [2.75, 3.05) is 0 Å². The molecule has 0 bridgehead atoms. The molecular formula is C13H8N2O5. The molecule has 2 aromatic rings. The first-order chi connectivity index (χ1) is 9.49. The van der Waals surface area contributed by atoms with Gasteiger partial charge in [-0.2, -0.15) is 0 Å². The smallest absolute Gasteiger partial charge is 0.270 e. The summed E-state index contributed by atoms with van der Waals surface area (Å²) < 4.78 is 0. The van der Waals surface area contributed by atoms with Crippen molar-refractivity contribution in [1.29, 1.82) is 0 Å². The Bertz CT molecular complexity index is 694. The number of carbonyl (C=O) groups is 1. The Morgan fingerprint density at radius 3 is 1.95 bits per heavy atom. The van der Waals surface area contributed by atoms with Gasteiger partial charge in [0, 0.05) is 35.4 Å². The molecule has 0 saturated heterocycles. The van der Waals surface area contributed by atoms with Crippen LogP contribution < -0.4 is 0 Å². The average molecular weight is 272 g/mol. The summed E-state index contributed by atoms with van der Waals surface area (Å²) in [5.74, 6) is -0.427. The van der Waals surface area contributed by atoms with Gasteiger partial charge in [-0.15, -0.1) is 0 Å². The van der Waals surface area contributed by atoms with E-state index in [9.17, 15) is 25.0 Å². The summed E-state index contributed by atoms with van der Waals surface area (Å²) >= 11 is 0. The van der Waals surface area contributed by atoms with Crippen LogP contribution in [-0.2, 0) is 0 Å². The van der Waals surface area contributed by atoms with Gasteiger partial charge in [-0.25, -0.2) is 0 Å². The van der Waals surface area contributed by atoms with Crippen LogP contribution in [0.3, 0.4) is 0 Å². The number of hydrogen-bond acceptors (Lipinski definition) is 5. The first kappa shape index (κ1) is 13.3. The van der Waals surface area contributed by atoms with Gasteiger partial charge < -0.3 is 0 Å². The highest BCUT2D eigenvalue weighted by Gasteiger charge is 2.14. The summed E-state index contributed by atoms with van der Waals surface area (Å²) in [6.45, 7) is 0. The summed E-state index contributed by atoms with van der Waals surface area (Å²) in [4.78, 5) is 32.1. The molecule has 0 amide bonds. The SMILES string of the molecule is O=C(c1ccc([N+](=O)[O-])cc1)c1cccc([N+](=O)[O-])c1. The number of carbonyl (C=O) groups excluding carboxylic acids is 1. The van der Waals surface area contributed by atoms with E-state index in [2.05, 4.69) is 0 Å². The number of benzene rings is 2. The lowest BCUT2D eigenvalue weighted by Crippen LogP contribution is -2.02. The molecule has 0 heterocycles. The highest BCUT2D eigenvalue weighted by Crippen LogP contribution is 2.18. The zero-order chi connectivity index (χ0) is 14.7. The highest BCUT2D eigenvalue weighted by atomic mass is 16.6. The van der Waals surface area contributed by atoms with E-state index >= 15 is 0 Å². The second-order valence-electron chi connectivity index (χ2n) is 3.94. The Morgan fingerprint density at radius 2 is 1.40 bits per heavy atom. The maximum Gasteiger partial charge on any atom is 0.270 e. The highest BCUT2D eigenvalue weighted by molar-refractivity contribution is 6.09. The summed E-state index contributed by atoms with van der Waals surface area (Å²) in [6.07, 6.45) is 0. The molecule has 0 saturated carbocycles. The molecule has 7 nitrogen and oxygen atoms in total.